The second kappa shape index (κ2) is 15.8. The Kier molecular flexibility index (Phi) is 13.8. The Bertz CT molecular complexity index is 748. The van der Waals surface area contributed by atoms with Crippen molar-refractivity contribution in [2.24, 2.45) is 4.99 Å². The first-order valence-electron chi connectivity index (χ1n) is 10.8. The molecule has 0 aliphatic heterocycles. The Labute approximate surface area is 204 Å². The van der Waals surface area contributed by atoms with Gasteiger partial charge in [-0.05, 0) is 49.8 Å². The van der Waals surface area contributed by atoms with Crippen LogP contribution in [-0.2, 0) is 13.1 Å². The minimum atomic E-state index is 0. The monoisotopic (exact) mass is 543 g/mol. The van der Waals surface area contributed by atoms with E-state index in [1.807, 2.05) is 30.3 Å². The van der Waals surface area contributed by atoms with E-state index in [0.29, 0.717) is 13.2 Å². The molecule has 1 aromatic heterocycles. The van der Waals surface area contributed by atoms with Gasteiger partial charge >= 0.3 is 0 Å². The fourth-order valence-electron chi connectivity index (χ4n) is 3.09. The SMILES string of the molecule is CCNC(=NCc1ccc(OCCN(CC)CC)c(OC)c1)NCCn1cccc1.I. The molecule has 0 aliphatic carbocycles. The third-order valence-corrected chi connectivity index (χ3v) is 4.88. The van der Waals surface area contributed by atoms with Gasteiger partial charge in [-0.1, -0.05) is 19.9 Å². The number of aromatic nitrogens is 1. The predicted molar refractivity (Wildman–Crippen MR) is 139 cm³/mol. The Morgan fingerprint density at radius 2 is 1.81 bits per heavy atom. The topological polar surface area (TPSA) is 63.1 Å². The Morgan fingerprint density at radius 1 is 1.06 bits per heavy atom. The summed E-state index contributed by atoms with van der Waals surface area (Å²) in [5, 5.41) is 6.67. The molecular formula is C23H38IN5O2. The van der Waals surface area contributed by atoms with Crippen molar-refractivity contribution >= 4 is 29.9 Å². The van der Waals surface area contributed by atoms with Crippen LogP contribution in [0.1, 0.15) is 26.3 Å². The van der Waals surface area contributed by atoms with Crippen LogP contribution in [0.25, 0.3) is 0 Å². The number of hydrogen-bond acceptors (Lipinski definition) is 4. The van der Waals surface area contributed by atoms with Crippen LogP contribution in [-0.4, -0.2) is 61.9 Å². The lowest BCUT2D eigenvalue weighted by Crippen LogP contribution is -2.38. The normalized spacial score (nSPS) is 11.2. The molecule has 0 aliphatic rings. The largest absolute Gasteiger partial charge is 0.493 e. The van der Waals surface area contributed by atoms with Crippen molar-refractivity contribution in [3.63, 3.8) is 0 Å². The van der Waals surface area contributed by atoms with Crippen LogP contribution < -0.4 is 20.1 Å². The van der Waals surface area contributed by atoms with Crippen molar-refractivity contribution in [2.75, 3.05) is 46.4 Å². The van der Waals surface area contributed by atoms with E-state index in [1.54, 1.807) is 7.11 Å². The van der Waals surface area contributed by atoms with Crippen LogP contribution in [0.3, 0.4) is 0 Å². The number of methoxy groups -OCH3 is 1. The van der Waals surface area contributed by atoms with Gasteiger partial charge in [-0.2, -0.15) is 0 Å². The third kappa shape index (κ3) is 9.82. The second-order valence-electron chi connectivity index (χ2n) is 6.90. The minimum absolute atomic E-state index is 0. The van der Waals surface area contributed by atoms with E-state index >= 15 is 0 Å². The lowest BCUT2D eigenvalue weighted by Gasteiger charge is -2.19. The minimum Gasteiger partial charge on any atom is -0.493 e. The van der Waals surface area contributed by atoms with Crippen LogP contribution in [0.15, 0.2) is 47.7 Å². The fraction of sp³-hybridized carbons (Fsp3) is 0.522. The Morgan fingerprint density at radius 3 is 2.45 bits per heavy atom. The molecule has 0 radical (unpaired) electrons. The zero-order valence-electron chi connectivity index (χ0n) is 19.3. The molecule has 7 nitrogen and oxygen atoms in total. The van der Waals surface area contributed by atoms with Crippen molar-refractivity contribution in [2.45, 2.75) is 33.9 Å². The number of likely N-dealkylation sites (N-methyl/N-ethyl adjacent to an activating group) is 1. The molecule has 1 aromatic carbocycles. The van der Waals surface area contributed by atoms with Crippen molar-refractivity contribution in [3.8, 4) is 11.5 Å². The lowest BCUT2D eigenvalue weighted by atomic mass is 10.2. The average Bonchev–Trinajstić information content (AvgIpc) is 3.29. The van der Waals surface area contributed by atoms with Crippen LogP contribution in [0.4, 0.5) is 0 Å². The molecule has 31 heavy (non-hydrogen) atoms. The fourth-order valence-corrected chi connectivity index (χ4v) is 3.09. The third-order valence-electron chi connectivity index (χ3n) is 4.88. The molecule has 0 unspecified atom stereocenters. The van der Waals surface area contributed by atoms with Crippen LogP contribution >= 0.6 is 24.0 Å². The van der Waals surface area contributed by atoms with Gasteiger partial charge in [-0.15, -0.1) is 24.0 Å². The highest BCUT2D eigenvalue weighted by Crippen LogP contribution is 2.28. The summed E-state index contributed by atoms with van der Waals surface area (Å²) in [4.78, 5) is 7.03. The molecule has 8 heteroatoms. The number of ether oxygens (including phenoxy) is 2. The van der Waals surface area contributed by atoms with E-state index in [2.05, 4.69) is 53.3 Å². The molecule has 2 N–H and O–H groups in total. The van der Waals surface area contributed by atoms with Crippen molar-refractivity contribution in [3.05, 3.63) is 48.3 Å². The number of aliphatic imine (C=N–C) groups is 1. The number of nitrogens with one attached hydrogen (secondary N) is 2. The lowest BCUT2D eigenvalue weighted by molar-refractivity contribution is 0.217. The van der Waals surface area contributed by atoms with Crippen LogP contribution in [0.2, 0.25) is 0 Å². The number of hydrogen-bond donors (Lipinski definition) is 2. The second-order valence-corrected chi connectivity index (χ2v) is 6.90. The Balaban J connectivity index is 0.00000480. The summed E-state index contributed by atoms with van der Waals surface area (Å²) < 4.78 is 13.6. The van der Waals surface area contributed by atoms with Gasteiger partial charge in [0.15, 0.2) is 17.5 Å². The van der Waals surface area contributed by atoms with E-state index < -0.39 is 0 Å². The van der Waals surface area contributed by atoms with Gasteiger partial charge in [0, 0.05) is 38.6 Å². The average molecular weight is 543 g/mol. The maximum atomic E-state index is 5.94. The molecule has 0 saturated carbocycles. The van der Waals surface area contributed by atoms with E-state index in [1.165, 1.54) is 0 Å². The molecule has 0 bridgehead atoms. The van der Waals surface area contributed by atoms with Crippen LogP contribution in [0.5, 0.6) is 11.5 Å². The van der Waals surface area contributed by atoms with E-state index in [-0.39, 0.29) is 24.0 Å². The number of guanidine groups is 1. The first-order chi connectivity index (χ1) is 14.7. The standard InChI is InChI=1S/C23H37N5O2.HI/c1-5-24-23(25-12-15-28-13-8-9-14-28)26-19-20-10-11-21(22(18-20)29-4)30-17-16-27(6-2)7-3;/h8-11,13-14,18H,5-7,12,15-17,19H2,1-4H3,(H2,24,25,26);1H. The highest BCUT2D eigenvalue weighted by molar-refractivity contribution is 14.0. The summed E-state index contributed by atoms with van der Waals surface area (Å²) in [6.07, 6.45) is 4.12. The van der Waals surface area contributed by atoms with E-state index in [0.717, 1.165) is 62.3 Å². The molecular weight excluding hydrogens is 505 g/mol. The molecule has 0 spiro atoms. The summed E-state index contributed by atoms with van der Waals surface area (Å²) >= 11 is 0. The molecule has 0 amide bonds. The summed E-state index contributed by atoms with van der Waals surface area (Å²) in [6.45, 7) is 13.1. The molecule has 0 atom stereocenters. The summed E-state index contributed by atoms with van der Waals surface area (Å²) in [5.41, 5.74) is 1.07. The highest BCUT2D eigenvalue weighted by atomic mass is 127. The molecule has 2 rings (SSSR count). The molecule has 0 saturated heterocycles. The first-order valence-corrected chi connectivity index (χ1v) is 10.8. The van der Waals surface area contributed by atoms with Crippen molar-refractivity contribution in [1.82, 2.24) is 20.1 Å². The predicted octanol–water partition coefficient (Wildman–Crippen LogP) is 3.59. The molecule has 0 fully saturated rings. The van der Waals surface area contributed by atoms with Crippen molar-refractivity contribution < 1.29 is 9.47 Å². The number of nitrogens with zero attached hydrogens (tertiary/aromatic N) is 3. The van der Waals surface area contributed by atoms with Gasteiger partial charge in [0.05, 0.1) is 13.7 Å². The molecule has 1 heterocycles. The van der Waals surface area contributed by atoms with Gasteiger partial charge in [-0.3, -0.25) is 0 Å². The zero-order valence-corrected chi connectivity index (χ0v) is 21.6. The maximum Gasteiger partial charge on any atom is 0.191 e. The van der Waals surface area contributed by atoms with E-state index in [4.69, 9.17) is 14.5 Å². The smallest absolute Gasteiger partial charge is 0.191 e. The van der Waals surface area contributed by atoms with Gasteiger partial charge in [0.25, 0.3) is 0 Å². The van der Waals surface area contributed by atoms with E-state index in [9.17, 15) is 0 Å². The zero-order chi connectivity index (χ0) is 21.6. The number of benzene rings is 1. The van der Waals surface area contributed by atoms with Crippen LogP contribution in [0, 0.1) is 0 Å². The Hall–Kier alpha value is -1.94. The molecule has 2 aromatic rings. The number of halogens is 1. The van der Waals surface area contributed by atoms with Crippen molar-refractivity contribution in [1.29, 1.82) is 0 Å². The quantitative estimate of drug-likeness (QED) is 0.230. The molecule has 174 valence electrons. The summed E-state index contributed by atoms with van der Waals surface area (Å²) in [6, 6.07) is 10.1. The number of rotatable bonds is 13. The maximum absolute atomic E-state index is 5.94. The first kappa shape index (κ1) is 27.1. The van der Waals surface area contributed by atoms with Gasteiger partial charge in [0.2, 0.25) is 0 Å². The van der Waals surface area contributed by atoms with Gasteiger partial charge in [-0.25, -0.2) is 4.99 Å². The summed E-state index contributed by atoms with van der Waals surface area (Å²) in [5.74, 6) is 2.32. The summed E-state index contributed by atoms with van der Waals surface area (Å²) in [7, 11) is 1.67. The van der Waals surface area contributed by atoms with Gasteiger partial charge < -0.3 is 29.6 Å². The van der Waals surface area contributed by atoms with Gasteiger partial charge in [0.1, 0.15) is 6.61 Å². The highest BCUT2D eigenvalue weighted by Gasteiger charge is 2.07.